The minimum Gasteiger partial charge on any atom is -0.348 e. The molecule has 0 saturated heterocycles. The van der Waals surface area contributed by atoms with Crippen LogP contribution in [0.4, 0.5) is 0 Å². The van der Waals surface area contributed by atoms with E-state index in [9.17, 15) is 13.2 Å². The molecule has 2 heterocycles. The number of rotatable bonds is 8. The zero-order valence-corrected chi connectivity index (χ0v) is 22.3. The van der Waals surface area contributed by atoms with Crippen molar-refractivity contribution in [3.05, 3.63) is 94.3 Å². The van der Waals surface area contributed by atoms with E-state index in [0.29, 0.717) is 23.6 Å². The maximum atomic E-state index is 12.9. The average molecular weight is 517 g/mol. The Hall–Kier alpha value is -3.54. The molecule has 2 aromatic carbocycles. The number of nitrogens with zero attached hydrogens (tertiary/aromatic N) is 3. The number of pyridine rings is 1. The lowest BCUT2D eigenvalue weighted by Gasteiger charge is -2.39. The predicted octanol–water partition coefficient (Wildman–Crippen LogP) is 4.43. The van der Waals surface area contributed by atoms with Crippen LogP contribution in [0.1, 0.15) is 65.1 Å². The smallest absolute Gasteiger partial charge is 0.253 e. The van der Waals surface area contributed by atoms with Crippen LogP contribution in [0.5, 0.6) is 0 Å². The molecule has 1 aliphatic rings. The van der Waals surface area contributed by atoms with Crippen LogP contribution in [-0.2, 0) is 29.3 Å². The van der Waals surface area contributed by atoms with E-state index in [1.54, 1.807) is 37.4 Å². The molecule has 1 atom stereocenters. The van der Waals surface area contributed by atoms with Gasteiger partial charge in [0.25, 0.3) is 5.91 Å². The molecule has 7 nitrogen and oxygen atoms in total. The number of carbonyl (C=O) groups excluding carboxylic acids is 1. The van der Waals surface area contributed by atoms with Crippen molar-refractivity contribution in [3.63, 3.8) is 0 Å². The summed E-state index contributed by atoms with van der Waals surface area (Å²) in [7, 11) is -3.24. The standard InChI is InChI=1S/C29H32N4O3S/c1-4-37(35,36)26-11-9-22(10-12-26)17-32-29(34)25-15-24-13-14-33(28(20(2)3)27(24)31-18-25)19-23-7-5-21(16-30)6-8-23/h5-12,15,18,20,28H,4,13-14,17,19H2,1-3H3,(H,32,34)/t28-/m1/s1. The van der Waals surface area contributed by atoms with Gasteiger partial charge in [0.1, 0.15) is 0 Å². The number of nitrogens with one attached hydrogen (secondary N) is 1. The van der Waals surface area contributed by atoms with Gasteiger partial charge in [-0.3, -0.25) is 14.7 Å². The predicted molar refractivity (Wildman–Crippen MR) is 142 cm³/mol. The van der Waals surface area contributed by atoms with Gasteiger partial charge in [-0.25, -0.2) is 8.42 Å². The Morgan fingerprint density at radius 2 is 1.81 bits per heavy atom. The first-order valence-electron chi connectivity index (χ1n) is 12.5. The number of hydrogen-bond acceptors (Lipinski definition) is 6. The van der Waals surface area contributed by atoms with Crippen LogP contribution in [-0.4, -0.2) is 36.5 Å². The maximum Gasteiger partial charge on any atom is 0.253 e. The van der Waals surface area contributed by atoms with Crippen molar-refractivity contribution in [2.45, 2.75) is 51.2 Å². The first kappa shape index (κ1) is 26.5. The molecule has 0 bridgehead atoms. The van der Waals surface area contributed by atoms with E-state index in [0.717, 1.165) is 41.9 Å². The molecule has 8 heteroatoms. The molecule has 0 unspecified atom stereocenters. The molecule has 0 spiro atoms. The maximum absolute atomic E-state index is 12.9. The van der Waals surface area contributed by atoms with E-state index in [-0.39, 0.29) is 22.6 Å². The molecule has 0 fully saturated rings. The summed E-state index contributed by atoms with van der Waals surface area (Å²) < 4.78 is 24.0. The molecule has 1 amide bonds. The number of fused-ring (bicyclic) bond motifs is 1. The number of hydrogen-bond donors (Lipinski definition) is 1. The Bertz CT molecular complexity index is 1410. The second-order valence-corrected chi connectivity index (χ2v) is 12.0. The van der Waals surface area contributed by atoms with Gasteiger partial charge in [-0.1, -0.05) is 45.0 Å². The Morgan fingerprint density at radius 1 is 1.14 bits per heavy atom. The van der Waals surface area contributed by atoms with E-state index in [2.05, 4.69) is 30.1 Å². The molecule has 0 radical (unpaired) electrons. The summed E-state index contributed by atoms with van der Waals surface area (Å²) in [6.45, 7) is 7.92. The highest BCUT2D eigenvalue weighted by molar-refractivity contribution is 7.91. The third-order valence-electron chi connectivity index (χ3n) is 6.82. The lowest BCUT2D eigenvalue weighted by molar-refractivity contribution is 0.0949. The molecule has 4 rings (SSSR count). The van der Waals surface area contributed by atoms with Crippen LogP contribution >= 0.6 is 0 Å². The van der Waals surface area contributed by atoms with Crippen molar-refractivity contribution in [2.75, 3.05) is 12.3 Å². The number of amides is 1. The summed E-state index contributed by atoms with van der Waals surface area (Å²) >= 11 is 0. The lowest BCUT2D eigenvalue weighted by atomic mass is 9.89. The van der Waals surface area contributed by atoms with Crippen molar-refractivity contribution in [1.82, 2.24) is 15.2 Å². The van der Waals surface area contributed by atoms with Crippen LogP contribution in [0.15, 0.2) is 65.7 Å². The number of sulfone groups is 1. The van der Waals surface area contributed by atoms with Gasteiger partial charge in [0.05, 0.1) is 39.6 Å². The Morgan fingerprint density at radius 3 is 2.43 bits per heavy atom. The topological polar surface area (TPSA) is 103 Å². The van der Waals surface area contributed by atoms with Crippen LogP contribution in [0, 0.1) is 17.2 Å². The minimum atomic E-state index is -3.24. The summed E-state index contributed by atoms with van der Waals surface area (Å²) in [5.41, 5.74) is 5.27. The molecule has 192 valence electrons. The zero-order chi connectivity index (χ0) is 26.6. The van der Waals surface area contributed by atoms with Crippen LogP contribution in [0.3, 0.4) is 0 Å². The quantitative estimate of drug-likeness (QED) is 0.475. The number of nitriles is 1. The Kier molecular flexibility index (Phi) is 8.06. The molecular weight excluding hydrogens is 484 g/mol. The van der Waals surface area contributed by atoms with Gasteiger partial charge < -0.3 is 5.32 Å². The van der Waals surface area contributed by atoms with E-state index in [4.69, 9.17) is 10.2 Å². The Balaban J connectivity index is 1.45. The van der Waals surface area contributed by atoms with Crippen molar-refractivity contribution in [3.8, 4) is 6.07 Å². The van der Waals surface area contributed by atoms with E-state index < -0.39 is 9.84 Å². The Labute approximate surface area is 219 Å². The van der Waals surface area contributed by atoms with Crippen LogP contribution in [0.25, 0.3) is 0 Å². The lowest BCUT2D eigenvalue weighted by Crippen LogP contribution is -2.38. The fourth-order valence-corrected chi connectivity index (χ4v) is 5.67. The fraction of sp³-hybridized carbons (Fsp3) is 0.345. The summed E-state index contributed by atoms with van der Waals surface area (Å²) in [5, 5.41) is 12.0. The van der Waals surface area contributed by atoms with Gasteiger partial charge in [0.15, 0.2) is 9.84 Å². The zero-order valence-electron chi connectivity index (χ0n) is 21.4. The number of carbonyl (C=O) groups is 1. The van der Waals surface area contributed by atoms with Gasteiger partial charge in [0, 0.05) is 25.8 Å². The van der Waals surface area contributed by atoms with Gasteiger partial charge in [-0.15, -0.1) is 0 Å². The highest BCUT2D eigenvalue weighted by atomic mass is 32.2. The van der Waals surface area contributed by atoms with E-state index >= 15 is 0 Å². The second kappa shape index (κ2) is 11.2. The average Bonchev–Trinajstić information content (AvgIpc) is 2.91. The van der Waals surface area contributed by atoms with Crippen molar-refractivity contribution >= 4 is 15.7 Å². The third-order valence-corrected chi connectivity index (χ3v) is 8.57. The van der Waals surface area contributed by atoms with Gasteiger partial charge >= 0.3 is 0 Å². The van der Waals surface area contributed by atoms with Crippen molar-refractivity contribution in [1.29, 1.82) is 5.26 Å². The molecule has 37 heavy (non-hydrogen) atoms. The minimum absolute atomic E-state index is 0.0548. The second-order valence-electron chi connectivity index (χ2n) is 9.72. The molecule has 1 aliphatic heterocycles. The van der Waals surface area contributed by atoms with E-state index in [1.165, 1.54) is 0 Å². The van der Waals surface area contributed by atoms with Crippen molar-refractivity contribution in [2.24, 2.45) is 5.92 Å². The highest BCUT2D eigenvalue weighted by Gasteiger charge is 2.31. The molecule has 0 aliphatic carbocycles. The molecule has 1 N–H and O–H groups in total. The fourth-order valence-electron chi connectivity index (χ4n) is 4.79. The highest BCUT2D eigenvalue weighted by Crippen LogP contribution is 2.35. The third kappa shape index (κ3) is 6.07. The monoisotopic (exact) mass is 516 g/mol. The van der Waals surface area contributed by atoms with Gasteiger partial charge in [-0.05, 0) is 59.4 Å². The summed E-state index contributed by atoms with van der Waals surface area (Å²) in [6.07, 6.45) is 2.45. The summed E-state index contributed by atoms with van der Waals surface area (Å²) in [5.74, 6) is 0.185. The SMILES string of the molecule is CCS(=O)(=O)c1ccc(CNC(=O)c2cnc3c(c2)CCN(Cc2ccc(C#N)cc2)[C@@H]3C(C)C)cc1. The van der Waals surface area contributed by atoms with Gasteiger partial charge in [0.2, 0.25) is 0 Å². The van der Waals surface area contributed by atoms with Crippen LogP contribution in [0.2, 0.25) is 0 Å². The van der Waals surface area contributed by atoms with Crippen molar-refractivity contribution < 1.29 is 13.2 Å². The summed E-state index contributed by atoms with van der Waals surface area (Å²) in [6, 6.07) is 18.6. The molecule has 1 aromatic heterocycles. The first-order chi connectivity index (χ1) is 17.7. The van der Waals surface area contributed by atoms with E-state index in [1.807, 2.05) is 30.3 Å². The first-order valence-corrected chi connectivity index (χ1v) is 14.2. The van der Waals surface area contributed by atoms with Gasteiger partial charge in [-0.2, -0.15) is 5.26 Å². The molecular formula is C29H32N4O3S. The molecule has 0 saturated carbocycles. The van der Waals surface area contributed by atoms with Crippen LogP contribution < -0.4 is 5.32 Å². The molecule has 3 aromatic rings. The number of benzene rings is 2. The normalized spacial score (nSPS) is 15.7. The number of aromatic nitrogens is 1. The summed E-state index contributed by atoms with van der Waals surface area (Å²) in [4.78, 5) is 20.3. The largest absolute Gasteiger partial charge is 0.348 e.